The summed E-state index contributed by atoms with van der Waals surface area (Å²) in [7, 11) is 0. The van der Waals surface area contributed by atoms with E-state index in [1.807, 2.05) is 18.2 Å². The molecule has 72 valence electrons. The van der Waals surface area contributed by atoms with Crippen LogP contribution in [-0.2, 0) is 6.42 Å². The summed E-state index contributed by atoms with van der Waals surface area (Å²) >= 11 is 9.71. The highest BCUT2D eigenvalue weighted by atomic mass is 79.9. The molecule has 0 saturated carbocycles. The largest absolute Gasteiger partial charge is 0.255 e. The summed E-state index contributed by atoms with van der Waals surface area (Å²) in [6, 6.07) is 5.92. The number of halogens is 2. The Balaban J connectivity index is 2.87. The number of pyridine rings is 1. The van der Waals surface area contributed by atoms with Gasteiger partial charge in [-0.3, -0.25) is 4.98 Å². The Morgan fingerprint density at radius 3 is 3.00 bits per heavy atom. The van der Waals surface area contributed by atoms with Crippen molar-refractivity contribution in [3.05, 3.63) is 39.5 Å². The number of hydrogen-bond donors (Lipinski definition) is 0. The van der Waals surface area contributed by atoms with E-state index in [9.17, 15) is 0 Å². The maximum atomic E-state index is 6.13. The third kappa shape index (κ3) is 1.53. The average Bonchev–Trinajstić information content (AvgIpc) is 2.23. The van der Waals surface area contributed by atoms with Gasteiger partial charge in [0.15, 0.2) is 0 Å². The summed E-state index contributed by atoms with van der Waals surface area (Å²) in [5, 5.41) is 1.80. The van der Waals surface area contributed by atoms with Gasteiger partial charge in [0.25, 0.3) is 0 Å². The van der Waals surface area contributed by atoms with Gasteiger partial charge in [0.2, 0.25) is 0 Å². The minimum absolute atomic E-state index is 0.723. The first kappa shape index (κ1) is 9.94. The number of aryl methyl sites for hydroxylation is 1. The molecule has 2 aromatic rings. The van der Waals surface area contributed by atoms with Crippen LogP contribution < -0.4 is 0 Å². The highest BCUT2D eigenvalue weighted by molar-refractivity contribution is 9.10. The highest BCUT2D eigenvalue weighted by Gasteiger charge is 2.07. The van der Waals surface area contributed by atoms with Crippen molar-refractivity contribution in [1.29, 1.82) is 0 Å². The van der Waals surface area contributed by atoms with Gasteiger partial charge in [-0.15, -0.1) is 0 Å². The third-order valence-corrected chi connectivity index (χ3v) is 3.46. The van der Waals surface area contributed by atoms with E-state index in [-0.39, 0.29) is 0 Å². The molecule has 0 atom stereocenters. The quantitative estimate of drug-likeness (QED) is 0.756. The zero-order valence-electron chi connectivity index (χ0n) is 7.72. The summed E-state index contributed by atoms with van der Waals surface area (Å²) < 4.78 is 1.10. The van der Waals surface area contributed by atoms with E-state index >= 15 is 0 Å². The van der Waals surface area contributed by atoms with Crippen molar-refractivity contribution < 1.29 is 0 Å². The van der Waals surface area contributed by atoms with Crippen LogP contribution in [0.3, 0.4) is 0 Å². The fraction of sp³-hybridized carbons (Fsp3) is 0.182. The maximum absolute atomic E-state index is 6.13. The van der Waals surface area contributed by atoms with Crippen LogP contribution in [0.4, 0.5) is 0 Å². The number of rotatable bonds is 1. The summed E-state index contributed by atoms with van der Waals surface area (Å²) in [6.07, 6.45) is 2.72. The Bertz CT molecular complexity index is 482. The predicted octanol–water partition coefficient (Wildman–Crippen LogP) is 4.21. The molecule has 0 saturated heterocycles. The second-order valence-electron chi connectivity index (χ2n) is 3.08. The number of nitrogens with zero attached hydrogens (tertiary/aromatic N) is 1. The van der Waals surface area contributed by atoms with E-state index < -0.39 is 0 Å². The van der Waals surface area contributed by atoms with Crippen molar-refractivity contribution >= 4 is 38.4 Å². The molecule has 3 heteroatoms. The lowest BCUT2D eigenvalue weighted by Gasteiger charge is -2.06. The fourth-order valence-electron chi connectivity index (χ4n) is 1.49. The molecule has 2 rings (SSSR count). The molecule has 1 aromatic heterocycles. The van der Waals surface area contributed by atoms with E-state index in [2.05, 4.69) is 27.8 Å². The molecule has 1 aromatic carbocycles. The molecule has 0 bridgehead atoms. The zero-order chi connectivity index (χ0) is 10.1. The minimum atomic E-state index is 0.723. The van der Waals surface area contributed by atoms with Crippen LogP contribution in [0.25, 0.3) is 10.9 Å². The second kappa shape index (κ2) is 3.87. The summed E-state index contributed by atoms with van der Waals surface area (Å²) in [4.78, 5) is 4.26. The van der Waals surface area contributed by atoms with Crippen LogP contribution >= 0.6 is 27.5 Å². The first-order valence-corrected chi connectivity index (χ1v) is 5.62. The average molecular weight is 271 g/mol. The number of benzene rings is 1. The highest BCUT2D eigenvalue weighted by Crippen LogP contribution is 2.32. The summed E-state index contributed by atoms with van der Waals surface area (Å²) in [5.41, 5.74) is 2.08. The van der Waals surface area contributed by atoms with Gasteiger partial charge in [-0.1, -0.05) is 24.6 Å². The first-order chi connectivity index (χ1) is 6.74. The lowest BCUT2D eigenvalue weighted by atomic mass is 10.1. The molecule has 0 fully saturated rings. The predicted molar refractivity (Wildman–Crippen MR) is 63.8 cm³/mol. The van der Waals surface area contributed by atoms with Gasteiger partial charge in [0.05, 0.1) is 10.5 Å². The van der Waals surface area contributed by atoms with Crippen LogP contribution in [0.15, 0.2) is 28.9 Å². The van der Waals surface area contributed by atoms with Gasteiger partial charge >= 0.3 is 0 Å². The molecule has 0 aliphatic rings. The molecule has 0 unspecified atom stereocenters. The van der Waals surface area contributed by atoms with Crippen molar-refractivity contribution in [2.24, 2.45) is 0 Å². The Morgan fingerprint density at radius 1 is 1.50 bits per heavy atom. The Kier molecular flexibility index (Phi) is 2.75. The standard InChI is InChI=1S/C11H9BrClN/c1-2-7-6-9(13)11-8(10(7)12)4-3-5-14-11/h3-6H,2H2,1H3. The molecule has 0 spiro atoms. The van der Waals surface area contributed by atoms with Crippen LogP contribution in [0.1, 0.15) is 12.5 Å². The first-order valence-electron chi connectivity index (χ1n) is 4.45. The number of fused-ring (bicyclic) bond motifs is 1. The zero-order valence-corrected chi connectivity index (χ0v) is 10.1. The van der Waals surface area contributed by atoms with Gasteiger partial charge in [-0.2, -0.15) is 0 Å². The summed E-state index contributed by atoms with van der Waals surface area (Å²) in [6.45, 7) is 2.11. The van der Waals surface area contributed by atoms with E-state index in [0.717, 1.165) is 26.8 Å². The lowest BCUT2D eigenvalue weighted by Crippen LogP contribution is -1.87. The van der Waals surface area contributed by atoms with Crippen LogP contribution in [0, 0.1) is 0 Å². The van der Waals surface area contributed by atoms with Gasteiger partial charge in [-0.25, -0.2) is 0 Å². The number of aromatic nitrogens is 1. The molecule has 1 nitrogen and oxygen atoms in total. The second-order valence-corrected chi connectivity index (χ2v) is 4.28. The fourth-order valence-corrected chi connectivity index (χ4v) is 2.48. The Morgan fingerprint density at radius 2 is 2.29 bits per heavy atom. The molecule has 14 heavy (non-hydrogen) atoms. The molecular formula is C11H9BrClN. The smallest absolute Gasteiger partial charge is 0.0899 e. The Hall–Kier alpha value is -0.600. The maximum Gasteiger partial charge on any atom is 0.0899 e. The van der Waals surface area contributed by atoms with Crippen LogP contribution in [0.2, 0.25) is 5.02 Å². The molecule has 0 aliphatic heterocycles. The van der Waals surface area contributed by atoms with E-state index in [4.69, 9.17) is 11.6 Å². The number of hydrogen-bond acceptors (Lipinski definition) is 1. The van der Waals surface area contributed by atoms with Gasteiger partial charge < -0.3 is 0 Å². The van der Waals surface area contributed by atoms with Gasteiger partial charge in [0.1, 0.15) is 0 Å². The monoisotopic (exact) mass is 269 g/mol. The van der Waals surface area contributed by atoms with E-state index in [0.29, 0.717) is 0 Å². The van der Waals surface area contributed by atoms with Crippen LogP contribution in [0.5, 0.6) is 0 Å². The molecular weight excluding hydrogens is 261 g/mol. The molecule has 0 radical (unpaired) electrons. The van der Waals surface area contributed by atoms with E-state index in [1.54, 1.807) is 6.20 Å². The Labute approximate surface area is 96.2 Å². The van der Waals surface area contributed by atoms with Crippen molar-refractivity contribution in [2.75, 3.05) is 0 Å². The summed E-state index contributed by atoms with van der Waals surface area (Å²) in [5.74, 6) is 0. The molecule has 0 aliphatic carbocycles. The topological polar surface area (TPSA) is 12.9 Å². The molecule has 0 amide bonds. The normalized spacial score (nSPS) is 10.8. The van der Waals surface area contributed by atoms with Crippen LogP contribution in [-0.4, -0.2) is 4.98 Å². The minimum Gasteiger partial charge on any atom is -0.255 e. The van der Waals surface area contributed by atoms with Crippen molar-refractivity contribution in [3.8, 4) is 0 Å². The van der Waals surface area contributed by atoms with Gasteiger partial charge in [-0.05, 0) is 40.0 Å². The third-order valence-electron chi connectivity index (χ3n) is 2.23. The lowest BCUT2D eigenvalue weighted by molar-refractivity contribution is 1.13. The molecule has 0 N–H and O–H groups in total. The van der Waals surface area contributed by atoms with Crippen molar-refractivity contribution in [3.63, 3.8) is 0 Å². The van der Waals surface area contributed by atoms with Crippen molar-refractivity contribution in [1.82, 2.24) is 4.98 Å². The van der Waals surface area contributed by atoms with E-state index in [1.165, 1.54) is 5.56 Å². The SMILES string of the molecule is CCc1cc(Cl)c2ncccc2c1Br. The molecule has 1 heterocycles. The van der Waals surface area contributed by atoms with Crippen molar-refractivity contribution in [2.45, 2.75) is 13.3 Å². The van der Waals surface area contributed by atoms with Gasteiger partial charge in [0, 0.05) is 16.1 Å².